The summed E-state index contributed by atoms with van der Waals surface area (Å²) in [4.78, 5) is 22.5. The van der Waals surface area contributed by atoms with Crippen molar-refractivity contribution < 1.29 is 23.8 Å². The molecule has 25 heavy (non-hydrogen) atoms. The van der Waals surface area contributed by atoms with Gasteiger partial charge in [-0.2, -0.15) is 0 Å². The van der Waals surface area contributed by atoms with Gasteiger partial charge in [0, 0.05) is 11.6 Å². The minimum absolute atomic E-state index is 0.342. The summed E-state index contributed by atoms with van der Waals surface area (Å²) in [5.74, 6) is 0.532. The van der Waals surface area contributed by atoms with Crippen LogP contribution in [0.2, 0.25) is 0 Å². The summed E-state index contributed by atoms with van der Waals surface area (Å²) in [7, 11) is 0. The lowest BCUT2D eigenvalue weighted by Gasteiger charge is -2.08. The van der Waals surface area contributed by atoms with E-state index in [2.05, 4.69) is 13.2 Å². The standard InChI is InChI=1S/C20H18O5/c1-4-19(21)24-17-11-9-16(10-12-17)23-13-15-5-7-18(8-6-15)25-20(22)14(2)3/h4-12H,1-2,13H2,3H3. The molecule has 0 radical (unpaired) electrons. The van der Waals surface area contributed by atoms with Crippen molar-refractivity contribution in [3.8, 4) is 17.2 Å². The average molecular weight is 338 g/mol. The van der Waals surface area contributed by atoms with Crippen LogP contribution < -0.4 is 14.2 Å². The molecule has 0 spiro atoms. The molecule has 0 aromatic heterocycles. The van der Waals surface area contributed by atoms with Crippen molar-refractivity contribution in [2.24, 2.45) is 0 Å². The van der Waals surface area contributed by atoms with Crippen molar-refractivity contribution in [3.05, 3.63) is 78.9 Å². The number of rotatable bonds is 7. The first-order valence-corrected chi connectivity index (χ1v) is 7.51. The highest BCUT2D eigenvalue weighted by atomic mass is 16.5. The highest BCUT2D eigenvalue weighted by molar-refractivity contribution is 5.88. The first-order valence-electron chi connectivity index (χ1n) is 7.51. The van der Waals surface area contributed by atoms with Crippen LogP contribution in [0.5, 0.6) is 17.2 Å². The Morgan fingerprint density at radius 2 is 1.44 bits per heavy atom. The van der Waals surface area contributed by atoms with Crippen LogP contribution in [-0.4, -0.2) is 11.9 Å². The number of hydrogen-bond acceptors (Lipinski definition) is 5. The predicted molar refractivity (Wildman–Crippen MR) is 93.5 cm³/mol. The smallest absolute Gasteiger partial charge is 0.338 e. The minimum atomic E-state index is -0.513. The van der Waals surface area contributed by atoms with Crippen molar-refractivity contribution in [1.29, 1.82) is 0 Å². The van der Waals surface area contributed by atoms with E-state index < -0.39 is 11.9 Å². The minimum Gasteiger partial charge on any atom is -0.489 e. The number of hydrogen-bond donors (Lipinski definition) is 0. The van der Waals surface area contributed by atoms with Gasteiger partial charge in [0.2, 0.25) is 0 Å². The topological polar surface area (TPSA) is 61.8 Å². The zero-order valence-corrected chi connectivity index (χ0v) is 13.9. The fourth-order valence-corrected chi connectivity index (χ4v) is 1.78. The number of carbonyl (C=O) groups excluding carboxylic acids is 2. The normalized spacial score (nSPS) is 9.80. The molecule has 0 aliphatic heterocycles. The number of carbonyl (C=O) groups is 2. The SMILES string of the molecule is C=CC(=O)Oc1ccc(OCc2ccc(OC(=O)C(=C)C)cc2)cc1. The molecule has 0 amide bonds. The quantitative estimate of drug-likeness (QED) is 0.436. The van der Waals surface area contributed by atoms with Gasteiger partial charge in [-0.05, 0) is 48.9 Å². The molecular weight excluding hydrogens is 320 g/mol. The Labute approximate surface area is 146 Å². The van der Waals surface area contributed by atoms with Gasteiger partial charge < -0.3 is 14.2 Å². The first kappa shape index (κ1) is 18.0. The largest absolute Gasteiger partial charge is 0.489 e. The van der Waals surface area contributed by atoms with Crippen molar-refractivity contribution in [1.82, 2.24) is 0 Å². The molecule has 2 rings (SSSR count). The van der Waals surface area contributed by atoms with E-state index in [-0.39, 0.29) is 0 Å². The molecule has 0 aliphatic carbocycles. The first-order chi connectivity index (χ1) is 12.0. The Kier molecular flexibility index (Phi) is 6.12. The summed E-state index contributed by atoms with van der Waals surface area (Å²) in [6.45, 7) is 8.81. The van der Waals surface area contributed by atoms with Gasteiger partial charge in [-0.1, -0.05) is 25.3 Å². The fourth-order valence-electron chi connectivity index (χ4n) is 1.78. The van der Waals surface area contributed by atoms with E-state index in [1.165, 1.54) is 0 Å². The second kappa shape index (κ2) is 8.49. The van der Waals surface area contributed by atoms with Gasteiger partial charge in [-0.25, -0.2) is 9.59 Å². The lowest BCUT2D eigenvalue weighted by atomic mass is 10.2. The van der Waals surface area contributed by atoms with E-state index in [0.29, 0.717) is 29.4 Å². The molecule has 0 fully saturated rings. The Morgan fingerprint density at radius 1 is 0.920 bits per heavy atom. The highest BCUT2D eigenvalue weighted by Crippen LogP contribution is 2.20. The van der Waals surface area contributed by atoms with Crippen molar-refractivity contribution in [2.75, 3.05) is 0 Å². The van der Waals surface area contributed by atoms with Gasteiger partial charge in [0.05, 0.1) is 0 Å². The second-order valence-electron chi connectivity index (χ2n) is 5.20. The number of ether oxygens (including phenoxy) is 3. The molecule has 2 aromatic rings. The Bertz CT molecular complexity index is 773. The molecule has 0 saturated heterocycles. The lowest BCUT2D eigenvalue weighted by molar-refractivity contribution is -0.130. The van der Waals surface area contributed by atoms with Gasteiger partial charge in [0.15, 0.2) is 0 Å². The summed E-state index contributed by atoms with van der Waals surface area (Å²) >= 11 is 0. The molecule has 5 heteroatoms. The maximum absolute atomic E-state index is 11.4. The zero-order valence-electron chi connectivity index (χ0n) is 13.9. The Hall–Kier alpha value is -3.34. The molecule has 0 atom stereocenters. The maximum Gasteiger partial charge on any atom is 0.338 e. The van der Waals surface area contributed by atoms with Crippen LogP contribution in [0.15, 0.2) is 73.3 Å². The molecule has 0 N–H and O–H groups in total. The second-order valence-corrected chi connectivity index (χ2v) is 5.20. The van der Waals surface area contributed by atoms with Gasteiger partial charge in [-0.3, -0.25) is 0 Å². The summed E-state index contributed by atoms with van der Waals surface area (Å²) in [5.41, 5.74) is 1.26. The third-order valence-electron chi connectivity index (χ3n) is 3.10. The van der Waals surface area contributed by atoms with Crippen molar-refractivity contribution in [3.63, 3.8) is 0 Å². The fraction of sp³-hybridized carbons (Fsp3) is 0.100. The molecule has 0 aliphatic rings. The molecule has 0 unspecified atom stereocenters. The van der Waals surface area contributed by atoms with Crippen LogP contribution in [-0.2, 0) is 16.2 Å². The highest BCUT2D eigenvalue weighted by Gasteiger charge is 2.05. The van der Waals surface area contributed by atoms with Crippen LogP contribution in [0.3, 0.4) is 0 Å². The molecular formula is C20H18O5. The molecule has 0 heterocycles. The Morgan fingerprint density at radius 3 is 2.00 bits per heavy atom. The van der Waals surface area contributed by atoms with Crippen LogP contribution in [0.4, 0.5) is 0 Å². The summed E-state index contributed by atoms with van der Waals surface area (Å²) in [6, 6.07) is 13.7. The summed E-state index contributed by atoms with van der Waals surface area (Å²) in [6.07, 6.45) is 1.10. The summed E-state index contributed by atoms with van der Waals surface area (Å²) < 4.78 is 15.8. The van der Waals surface area contributed by atoms with Crippen LogP contribution >= 0.6 is 0 Å². The van der Waals surface area contributed by atoms with Gasteiger partial charge in [-0.15, -0.1) is 0 Å². The Balaban J connectivity index is 1.88. The van der Waals surface area contributed by atoms with Gasteiger partial charge in [0.25, 0.3) is 0 Å². The van der Waals surface area contributed by atoms with Gasteiger partial charge in [0.1, 0.15) is 23.9 Å². The van der Waals surface area contributed by atoms with Gasteiger partial charge >= 0.3 is 11.9 Å². The van der Waals surface area contributed by atoms with E-state index in [4.69, 9.17) is 14.2 Å². The third kappa shape index (κ3) is 5.66. The van der Waals surface area contributed by atoms with E-state index in [0.717, 1.165) is 11.6 Å². The molecule has 5 nitrogen and oxygen atoms in total. The lowest BCUT2D eigenvalue weighted by Crippen LogP contribution is -2.08. The average Bonchev–Trinajstić information content (AvgIpc) is 2.62. The molecule has 2 aromatic carbocycles. The van der Waals surface area contributed by atoms with E-state index >= 15 is 0 Å². The third-order valence-corrected chi connectivity index (χ3v) is 3.10. The van der Waals surface area contributed by atoms with Crippen molar-refractivity contribution in [2.45, 2.75) is 13.5 Å². The number of benzene rings is 2. The monoisotopic (exact) mass is 338 g/mol. The van der Waals surface area contributed by atoms with E-state index in [1.54, 1.807) is 55.5 Å². The predicted octanol–water partition coefficient (Wildman–Crippen LogP) is 3.84. The summed E-state index contributed by atoms with van der Waals surface area (Å²) in [5, 5.41) is 0. The van der Waals surface area contributed by atoms with Crippen LogP contribution in [0.25, 0.3) is 0 Å². The van der Waals surface area contributed by atoms with Crippen LogP contribution in [0, 0.1) is 0 Å². The van der Waals surface area contributed by atoms with E-state index in [9.17, 15) is 9.59 Å². The zero-order chi connectivity index (χ0) is 18.2. The van der Waals surface area contributed by atoms with Crippen LogP contribution in [0.1, 0.15) is 12.5 Å². The molecule has 0 bridgehead atoms. The molecule has 128 valence electrons. The van der Waals surface area contributed by atoms with E-state index in [1.807, 2.05) is 0 Å². The van der Waals surface area contributed by atoms with Crippen molar-refractivity contribution >= 4 is 11.9 Å². The molecule has 0 saturated carbocycles. The number of esters is 2. The maximum atomic E-state index is 11.4.